The summed E-state index contributed by atoms with van der Waals surface area (Å²) in [7, 11) is 0. The molecule has 0 aromatic carbocycles. The van der Waals surface area contributed by atoms with Crippen LogP contribution in [0.4, 0.5) is 0 Å². The van der Waals surface area contributed by atoms with Crippen LogP contribution in [-0.2, 0) is 14.4 Å². The highest BCUT2D eigenvalue weighted by Gasteiger charge is 2.25. The second-order valence-electron chi connectivity index (χ2n) is 5.69. The first kappa shape index (κ1) is 17.6. The maximum absolute atomic E-state index is 12.2. The molecule has 21 heavy (non-hydrogen) atoms. The topological polar surface area (TPSA) is 54.5 Å². The van der Waals surface area contributed by atoms with Gasteiger partial charge in [0.05, 0.1) is 0 Å². The molecule has 0 aromatic rings. The molecule has 0 aromatic heterocycles. The molecule has 4 heteroatoms. The van der Waals surface area contributed by atoms with Gasteiger partial charge in [-0.2, -0.15) is 0 Å². The van der Waals surface area contributed by atoms with Gasteiger partial charge in [0.15, 0.2) is 0 Å². The Balaban J connectivity index is 2.28. The Hall–Kier alpha value is -1.45. The van der Waals surface area contributed by atoms with Crippen molar-refractivity contribution in [3.63, 3.8) is 0 Å². The first-order chi connectivity index (χ1) is 10.1. The lowest BCUT2D eigenvalue weighted by Gasteiger charge is -2.17. The van der Waals surface area contributed by atoms with Gasteiger partial charge in [-0.1, -0.05) is 46.0 Å². The molecule has 0 N–H and O–H groups in total. The zero-order chi connectivity index (χ0) is 15.7. The average molecular weight is 293 g/mol. The van der Waals surface area contributed by atoms with Gasteiger partial charge in [0, 0.05) is 31.0 Å². The maximum atomic E-state index is 12.2. The minimum Gasteiger partial charge on any atom is -0.299 e. The molecular weight excluding hydrogens is 266 g/mol. The Labute approximate surface area is 127 Å². The van der Waals surface area contributed by atoms with E-state index < -0.39 is 0 Å². The number of hydrogen-bond acceptors (Lipinski definition) is 3. The number of Topliss-reactive ketones (excluding diaryl/α,β-unsaturated/α-hetero) is 1. The van der Waals surface area contributed by atoms with Crippen molar-refractivity contribution in [3.8, 4) is 0 Å². The second-order valence-corrected chi connectivity index (χ2v) is 5.69. The van der Waals surface area contributed by atoms with Gasteiger partial charge < -0.3 is 0 Å². The number of carbonyl (C=O) groups excluding carboxylic acids is 3. The molecule has 1 aliphatic heterocycles. The van der Waals surface area contributed by atoms with Crippen LogP contribution in [-0.4, -0.2) is 29.0 Å². The summed E-state index contributed by atoms with van der Waals surface area (Å²) >= 11 is 0. The summed E-state index contributed by atoms with van der Waals surface area (Å²) in [5.41, 5.74) is 0. The number of unbranched alkanes of at least 4 members (excludes halogenated alkanes) is 4. The average Bonchev–Trinajstić information content (AvgIpc) is 2.79. The molecule has 1 aliphatic rings. The van der Waals surface area contributed by atoms with Crippen molar-refractivity contribution < 1.29 is 14.4 Å². The van der Waals surface area contributed by atoms with E-state index in [1.165, 1.54) is 37.8 Å². The standard InChI is InChI=1S/C17H27NO3/c1-3-5-6-7-8-9-14(4-2)15(19)12-13-18-16(20)10-11-17(18)21/h10-11,14H,3-9,12-13H2,1-2H3. The molecule has 0 saturated heterocycles. The highest BCUT2D eigenvalue weighted by atomic mass is 16.2. The molecule has 0 saturated carbocycles. The molecule has 1 rings (SSSR count). The Morgan fingerprint density at radius 1 is 1.05 bits per heavy atom. The zero-order valence-corrected chi connectivity index (χ0v) is 13.3. The summed E-state index contributed by atoms with van der Waals surface area (Å²) in [5.74, 6) is -0.353. The molecule has 4 nitrogen and oxygen atoms in total. The van der Waals surface area contributed by atoms with Gasteiger partial charge in [0.2, 0.25) is 0 Å². The highest BCUT2D eigenvalue weighted by molar-refractivity contribution is 6.13. The van der Waals surface area contributed by atoms with Crippen molar-refractivity contribution in [2.45, 2.75) is 65.2 Å². The summed E-state index contributed by atoms with van der Waals surface area (Å²) in [6, 6.07) is 0. The fourth-order valence-electron chi connectivity index (χ4n) is 2.66. The number of hydrogen-bond donors (Lipinski definition) is 0. The molecule has 1 heterocycles. The van der Waals surface area contributed by atoms with E-state index in [4.69, 9.17) is 0 Å². The summed E-state index contributed by atoms with van der Waals surface area (Å²) in [4.78, 5) is 36.2. The Kier molecular flexibility index (Phi) is 7.95. The van der Waals surface area contributed by atoms with Gasteiger partial charge in [-0.15, -0.1) is 0 Å². The molecule has 0 spiro atoms. The van der Waals surface area contributed by atoms with Crippen LogP contribution in [0.3, 0.4) is 0 Å². The fraction of sp³-hybridized carbons (Fsp3) is 0.706. The van der Waals surface area contributed by atoms with Crippen molar-refractivity contribution in [1.82, 2.24) is 4.90 Å². The first-order valence-electron chi connectivity index (χ1n) is 8.16. The SMILES string of the molecule is CCCCCCCC(CC)C(=O)CCN1C(=O)C=CC1=O. The minimum atomic E-state index is -0.305. The normalized spacial score (nSPS) is 15.8. The van der Waals surface area contributed by atoms with E-state index in [1.54, 1.807) is 0 Å². The molecule has 1 atom stereocenters. The van der Waals surface area contributed by atoms with Crippen LogP contribution >= 0.6 is 0 Å². The number of imide groups is 1. The van der Waals surface area contributed by atoms with Crippen LogP contribution in [0, 0.1) is 5.92 Å². The van der Waals surface area contributed by atoms with Crippen molar-refractivity contribution in [2.24, 2.45) is 5.92 Å². The number of nitrogens with zero attached hydrogens (tertiary/aromatic N) is 1. The summed E-state index contributed by atoms with van der Waals surface area (Å²) in [6.45, 7) is 4.44. The lowest BCUT2D eigenvalue weighted by Crippen LogP contribution is -2.33. The van der Waals surface area contributed by atoms with Crippen molar-refractivity contribution in [1.29, 1.82) is 0 Å². The predicted molar refractivity (Wildman–Crippen MR) is 82.6 cm³/mol. The molecule has 0 fully saturated rings. The third-order valence-electron chi connectivity index (χ3n) is 4.09. The van der Waals surface area contributed by atoms with E-state index >= 15 is 0 Å². The molecule has 0 bridgehead atoms. The molecule has 0 aliphatic carbocycles. The van der Waals surface area contributed by atoms with Gasteiger partial charge in [-0.25, -0.2) is 0 Å². The Morgan fingerprint density at radius 2 is 1.67 bits per heavy atom. The summed E-state index contributed by atoms with van der Waals surface area (Å²) < 4.78 is 0. The number of carbonyl (C=O) groups is 3. The lowest BCUT2D eigenvalue weighted by atomic mass is 9.92. The van der Waals surface area contributed by atoms with Crippen LogP contribution in [0.25, 0.3) is 0 Å². The van der Waals surface area contributed by atoms with Crippen LogP contribution < -0.4 is 0 Å². The Morgan fingerprint density at radius 3 is 2.24 bits per heavy atom. The molecule has 1 unspecified atom stereocenters. The Bertz CT molecular complexity index is 383. The van der Waals surface area contributed by atoms with E-state index in [1.807, 2.05) is 6.92 Å². The van der Waals surface area contributed by atoms with Crippen LogP contribution in [0.1, 0.15) is 65.2 Å². The molecular formula is C17H27NO3. The van der Waals surface area contributed by atoms with Gasteiger partial charge >= 0.3 is 0 Å². The van der Waals surface area contributed by atoms with Crippen molar-refractivity contribution in [3.05, 3.63) is 12.2 Å². The van der Waals surface area contributed by atoms with Crippen LogP contribution in [0.5, 0.6) is 0 Å². The van der Waals surface area contributed by atoms with E-state index in [-0.39, 0.29) is 36.5 Å². The molecule has 118 valence electrons. The van der Waals surface area contributed by atoms with Gasteiger partial charge in [-0.05, 0) is 12.8 Å². The van der Waals surface area contributed by atoms with Crippen molar-refractivity contribution in [2.75, 3.05) is 6.54 Å². The van der Waals surface area contributed by atoms with Crippen LogP contribution in [0.2, 0.25) is 0 Å². The summed E-state index contributed by atoms with van der Waals surface area (Å²) in [5, 5.41) is 0. The van der Waals surface area contributed by atoms with Gasteiger partial charge in [0.1, 0.15) is 5.78 Å². The third-order valence-corrected chi connectivity index (χ3v) is 4.09. The minimum absolute atomic E-state index is 0.0763. The van der Waals surface area contributed by atoms with E-state index in [9.17, 15) is 14.4 Å². The van der Waals surface area contributed by atoms with E-state index in [0.29, 0.717) is 0 Å². The number of ketones is 1. The van der Waals surface area contributed by atoms with Crippen LogP contribution in [0.15, 0.2) is 12.2 Å². The monoisotopic (exact) mass is 293 g/mol. The third kappa shape index (κ3) is 5.82. The molecule has 2 amide bonds. The predicted octanol–water partition coefficient (Wildman–Crippen LogP) is 3.26. The van der Waals surface area contributed by atoms with E-state index in [0.717, 1.165) is 24.2 Å². The largest absolute Gasteiger partial charge is 0.299 e. The van der Waals surface area contributed by atoms with Crippen molar-refractivity contribution >= 4 is 17.6 Å². The fourth-order valence-corrected chi connectivity index (χ4v) is 2.66. The highest BCUT2D eigenvalue weighted by Crippen LogP contribution is 2.18. The molecule has 0 radical (unpaired) electrons. The number of amides is 2. The smallest absolute Gasteiger partial charge is 0.253 e. The number of rotatable bonds is 11. The lowest BCUT2D eigenvalue weighted by molar-refractivity contribution is -0.137. The van der Waals surface area contributed by atoms with Gasteiger partial charge in [-0.3, -0.25) is 19.3 Å². The van der Waals surface area contributed by atoms with E-state index in [2.05, 4.69) is 6.92 Å². The first-order valence-corrected chi connectivity index (χ1v) is 8.16. The van der Waals surface area contributed by atoms with Gasteiger partial charge in [0.25, 0.3) is 11.8 Å². The second kappa shape index (κ2) is 9.48. The maximum Gasteiger partial charge on any atom is 0.253 e. The quantitative estimate of drug-likeness (QED) is 0.434. The summed E-state index contributed by atoms with van der Waals surface area (Å²) in [6.07, 6.45) is 10.6. The zero-order valence-electron chi connectivity index (χ0n) is 13.3.